The Labute approximate surface area is 398 Å². The Kier molecular flexibility index (Phi) is 15.8. The van der Waals surface area contributed by atoms with Gasteiger partial charge in [0.15, 0.2) is 0 Å². The van der Waals surface area contributed by atoms with Crippen molar-refractivity contribution in [1.29, 1.82) is 0 Å². The fourth-order valence-corrected chi connectivity index (χ4v) is 11.3. The molecule has 4 heterocycles. The largest absolute Gasteiger partial charge is 0.356 e. The molecule has 4 amide bonds. The highest BCUT2D eigenvalue weighted by molar-refractivity contribution is 7.89. The number of hydrogen-bond acceptors (Lipinski definition) is 10. The van der Waals surface area contributed by atoms with Crippen LogP contribution in [-0.4, -0.2) is 109 Å². The monoisotopic (exact) mass is 956 g/mol. The lowest BCUT2D eigenvalue weighted by Crippen LogP contribution is -2.60. The number of benzene rings is 2. The summed E-state index contributed by atoms with van der Waals surface area (Å²) in [6, 6.07) is 15.4. The number of nitrogens with two attached hydrogens (primary N) is 1. The summed E-state index contributed by atoms with van der Waals surface area (Å²) >= 11 is 6.19. The Bertz CT molecular complexity index is 2470. The molecule has 0 radical (unpaired) electrons. The van der Waals surface area contributed by atoms with Gasteiger partial charge < -0.3 is 36.5 Å². The normalized spacial score (nSPS) is 19.9. The van der Waals surface area contributed by atoms with E-state index >= 15 is 0 Å². The number of carbonyl (C=O) groups is 4. The maximum absolute atomic E-state index is 13.8. The molecule has 2 saturated carbocycles. The second kappa shape index (κ2) is 21.9. The van der Waals surface area contributed by atoms with Gasteiger partial charge in [-0.2, -0.15) is 0 Å². The second-order valence-corrected chi connectivity index (χ2v) is 21.4. The molecule has 7 N–H and O–H groups in total. The number of carbonyl (C=O) groups excluding carboxylic acids is 4. The first kappa shape index (κ1) is 48.4. The van der Waals surface area contributed by atoms with Gasteiger partial charge in [-0.15, -0.1) is 0 Å². The number of aromatic nitrogens is 3. The number of likely N-dealkylation sites (tertiary alicyclic amines) is 1. The zero-order chi connectivity index (χ0) is 47.0. The number of nitrogens with one attached hydrogen (secondary N) is 5. The van der Waals surface area contributed by atoms with E-state index < -0.39 is 27.6 Å². The standard InChI is InChI=1S/C49H65ClN10O6S/c50-39-17-15-33(16-18-39)41(57-48(64)49(51)21-27-59(28-22-49)44-40-19-24-52-43(40)54-32-55-44)20-25-56-67(65,66)29-5-4-23-53-46(62)42(34-8-2-1-3-9-34)58-45(61)37-11-6-10-36(30-37)38-12-7-26-60(31-38)47(63)35-13-14-35/h6,10-11,15-19,24,30,32,34-35,38,41-42,56H,1-5,7-9,12-14,20-23,25-29,31,51H2,(H,53,62)(H,57,64)(H,58,61)(H,52,54,55)/t38?,41-,42+/m0/s1. The van der Waals surface area contributed by atoms with Gasteiger partial charge in [-0.3, -0.25) is 19.2 Å². The molecule has 4 aromatic rings. The summed E-state index contributed by atoms with van der Waals surface area (Å²) in [4.78, 5) is 70.1. The van der Waals surface area contributed by atoms with E-state index in [1.807, 2.05) is 47.5 Å². The molecule has 1 unspecified atom stereocenters. The van der Waals surface area contributed by atoms with E-state index in [2.05, 4.69) is 40.5 Å². The van der Waals surface area contributed by atoms with Gasteiger partial charge in [0.1, 0.15) is 23.8 Å². The summed E-state index contributed by atoms with van der Waals surface area (Å²) < 4.78 is 29.1. The smallest absolute Gasteiger partial charge is 0.251 e. The second-order valence-electron chi connectivity index (χ2n) is 19.0. The van der Waals surface area contributed by atoms with Crippen molar-refractivity contribution >= 4 is 62.1 Å². The van der Waals surface area contributed by atoms with E-state index in [4.69, 9.17) is 17.3 Å². The molecule has 3 atom stereocenters. The van der Waals surface area contributed by atoms with Crippen LogP contribution in [0.4, 0.5) is 5.82 Å². The predicted molar refractivity (Wildman–Crippen MR) is 259 cm³/mol. The molecule has 0 spiro atoms. The number of unbranched alkanes of at least 4 members (excludes halogenated alkanes) is 1. The van der Waals surface area contributed by atoms with E-state index in [0.29, 0.717) is 55.9 Å². The van der Waals surface area contributed by atoms with Gasteiger partial charge in [0.25, 0.3) is 5.91 Å². The number of H-pyrrole nitrogens is 1. The van der Waals surface area contributed by atoms with Crippen LogP contribution in [0.3, 0.4) is 0 Å². The molecule has 18 heteroatoms. The number of hydrogen-bond donors (Lipinski definition) is 6. The molecule has 8 rings (SSSR count). The first-order valence-electron chi connectivity index (χ1n) is 24.2. The molecular weight excluding hydrogens is 892 g/mol. The third kappa shape index (κ3) is 12.5. The fraction of sp³-hybridized carbons (Fsp3) is 0.551. The van der Waals surface area contributed by atoms with Gasteiger partial charge in [-0.25, -0.2) is 23.1 Å². The minimum atomic E-state index is -3.69. The van der Waals surface area contributed by atoms with Crippen LogP contribution >= 0.6 is 11.6 Å². The Morgan fingerprint density at radius 2 is 1.66 bits per heavy atom. The van der Waals surface area contributed by atoms with Crippen LogP contribution in [0.25, 0.3) is 11.0 Å². The van der Waals surface area contributed by atoms with Crippen molar-refractivity contribution in [3.05, 3.63) is 88.8 Å². The van der Waals surface area contributed by atoms with Crippen LogP contribution in [0, 0.1) is 11.8 Å². The summed E-state index contributed by atoms with van der Waals surface area (Å²) in [6.07, 6.45) is 13.7. The molecular formula is C49H65ClN10O6S. The van der Waals surface area contributed by atoms with E-state index in [9.17, 15) is 27.6 Å². The summed E-state index contributed by atoms with van der Waals surface area (Å²) in [5.74, 6) is 0.373. The Morgan fingerprint density at radius 3 is 2.42 bits per heavy atom. The number of aromatic amines is 1. The van der Waals surface area contributed by atoms with Crippen molar-refractivity contribution in [1.82, 2.24) is 40.5 Å². The van der Waals surface area contributed by atoms with Crippen molar-refractivity contribution < 1.29 is 27.6 Å². The highest BCUT2D eigenvalue weighted by Gasteiger charge is 2.40. The van der Waals surface area contributed by atoms with Crippen LogP contribution in [0.2, 0.25) is 5.02 Å². The van der Waals surface area contributed by atoms with Gasteiger partial charge >= 0.3 is 0 Å². The van der Waals surface area contributed by atoms with E-state index in [1.54, 1.807) is 18.2 Å². The number of sulfonamides is 1. The summed E-state index contributed by atoms with van der Waals surface area (Å²) in [7, 11) is -3.69. The number of piperidine rings is 2. The lowest BCUT2D eigenvalue weighted by Gasteiger charge is -2.39. The van der Waals surface area contributed by atoms with Gasteiger partial charge in [0.05, 0.1) is 22.7 Å². The van der Waals surface area contributed by atoms with Crippen LogP contribution in [0.15, 0.2) is 67.1 Å². The highest BCUT2D eigenvalue weighted by Crippen LogP contribution is 2.35. The number of nitrogens with zero attached hydrogens (tertiary/aromatic N) is 4. The zero-order valence-corrected chi connectivity index (χ0v) is 39.8. The van der Waals surface area contributed by atoms with Crippen molar-refractivity contribution in [2.24, 2.45) is 17.6 Å². The summed E-state index contributed by atoms with van der Waals surface area (Å²) in [5.41, 5.74) is 8.67. The average Bonchev–Trinajstić information content (AvgIpc) is 4.08. The van der Waals surface area contributed by atoms with Crippen LogP contribution in [0.5, 0.6) is 0 Å². The first-order chi connectivity index (χ1) is 32.4. The third-order valence-corrected chi connectivity index (χ3v) is 15.9. The lowest BCUT2D eigenvalue weighted by atomic mass is 9.83. The molecule has 2 aromatic carbocycles. The number of halogens is 1. The number of anilines is 1. The van der Waals surface area contributed by atoms with Crippen molar-refractivity contribution in [2.75, 3.05) is 49.9 Å². The van der Waals surface area contributed by atoms with Crippen molar-refractivity contribution in [3.8, 4) is 0 Å². The quantitative estimate of drug-likeness (QED) is 0.0651. The number of rotatable bonds is 19. The molecule has 2 aromatic heterocycles. The Hall–Kier alpha value is -5.10. The predicted octanol–water partition coefficient (Wildman–Crippen LogP) is 5.47. The maximum Gasteiger partial charge on any atom is 0.251 e. The van der Waals surface area contributed by atoms with Crippen LogP contribution in [-0.2, 0) is 24.4 Å². The minimum Gasteiger partial charge on any atom is -0.356 e. The maximum atomic E-state index is 13.8. The number of fused-ring (bicyclic) bond motifs is 1. The molecule has 0 bridgehead atoms. The summed E-state index contributed by atoms with van der Waals surface area (Å²) in [6.45, 7) is 2.83. The Balaban J connectivity index is 0.798. The average molecular weight is 958 g/mol. The Morgan fingerprint density at radius 1 is 0.881 bits per heavy atom. The number of amides is 4. The SMILES string of the molecule is NC1(C(=O)N[C@@H](CCNS(=O)(=O)CCCCNC(=O)[C@H](NC(=O)c2cccc(C3CCCN(C(=O)C4CC4)C3)c2)C2CCCCC2)c2ccc(Cl)cc2)CCN(c2ncnc3[nH]ccc23)CC1. The minimum absolute atomic E-state index is 0.00201. The van der Waals surface area contributed by atoms with E-state index in [0.717, 1.165) is 92.3 Å². The molecule has 4 aliphatic rings. The molecule has 16 nitrogen and oxygen atoms in total. The zero-order valence-electron chi connectivity index (χ0n) is 38.2. The van der Waals surface area contributed by atoms with Crippen molar-refractivity contribution in [2.45, 2.75) is 113 Å². The van der Waals surface area contributed by atoms with Gasteiger partial charge in [0.2, 0.25) is 27.7 Å². The third-order valence-electron chi connectivity index (χ3n) is 14.2. The fourth-order valence-electron chi connectivity index (χ4n) is 10.0. The first-order valence-corrected chi connectivity index (χ1v) is 26.2. The van der Waals surface area contributed by atoms with Crippen molar-refractivity contribution in [3.63, 3.8) is 0 Å². The topological polar surface area (TPSA) is 225 Å². The van der Waals surface area contributed by atoms with Crippen LogP contribution in [0.1, 0.15) is 123 Å². The molecule has 4 fully saturated rings. The molecule has 2 aliphatic heterocycles. The lowest BCUT2D eigenvalue weighted by molar-refractivity contribution is -0.133. The van der Waals surface area contributed by atoms with Gasteiger partial charge in [-0.1, -0.05) is 55.1 Å². The van der Waals surface area contributed by atoms with Gasteiger partial charge in [-0.05, 0) is 118 Å². The summed E-state index contributed by atoms with van der Waals surface area (Å²) in [5, 5.41) is 10.6. The molecule has 2 saturated heterocycles. The molecule has 2 aliphatic carbocycles. The van der Waals surface area contributed by atoms with Gasteiger partial charge in [0, 0.05) is 67.9 Å². The molecule has 360 valence electrons. The van der Waals surface area contributed by atoms with E-state index in [1.165, 1.54) is 6.33 Å². The highest BCUT2D eigenvalue weighted by atomic mass is 35.5. The molecule has 67 heavy (non-hydrogen) atoms. The van der Waals surface area contributed by atoms with E-state index in [-0.39, 0.29) is 66.6 Å². The van der Waals surface area contributed by atoms with Crippen LogP contribution < -0.4 is 31.3 Å².